The van der Waals surface area contributed by atoms with Crippen molar-refractivity contribution in [3.63, 3.8) is 0 Å². The van der Waals surface area contributed by atoms with E-state index in [4.69, 9.17) is 9.47 Å². The number of rotatable bonds is 14. The Morgan fingerprint density at radius 1 is 0.860 bits per heavy atom. The molecule has 302 valence electrons. The lowest BCUT2D eigenvalue weighted by atomic mass is 9.84. The minimum atomic E-state index is -5.48. The summed E-state index contributed by atoms with van der Waals surface area (Å²) in [5.74, 6) is -10.9. The first-order valence-corrected chi connectivity index (χ1v) is 19.9. The Bertz CT molecular complexity index is 2350. The fraction of sp³-hybridized carbons (Fsp3) is 0.349. The number of ether oxygens (including phenoxy) is 2. The van der Waals surface area contributed by atoms with Crippen molar-refractivity contribution in [2.75, 3.05) is 18.6 Å². The second kappa shape index (κ2) is 16.4. The SMILES string of the molecule is C/C=C/c1c(F)c(F)c(F)c(F)c1S(=O)(=O)N(CC(=O)N(Cc1cc(C2CC2)cc(C(C)(C)C)c1)c1cc(C(=O)OC)ccc1OC1CC1)Cc1ccccc1F. The van der Waals surface area contributed by atoms with Crippen LogP contribution < -0.4 is 9.64 Å². The van der Waals surface area contributed by atoms with Crippen LogP contribution in [-0.4, -0.2) is 44.4 Å². The summed E-state index contributed by atoms with van der Waals surface area (Å²) in [6.07, 6.45) is 5.07. The zero-order chi connectivity index (χ0) is 41.4. The van der Waals surface area contributed by atoms with Crippen LogP contribution >= 0.6 is 0 Å². The van der Waals surface area contributed by atoms with Crippen molar-refractivity contribution in [2.24, 2.45) is 0 Å². The van der Waals surface area contributed by atoms with E-state index < -0.39 is 74.5 Å². The van der Waals surface area contributed by atoms with Gasteiger partial charge in [-0.25, -0.2) is 35.2 Å². The third-order valence-corrected chi connectivity index (χ3v) is 11.7. The Hall–Kier alpha value is -5.08. The first kappa shape index (κ1) is 41.6. The van der Waals surface area contributed by atoms with Crippen LogP contribution in [0.4, 0.5) is 27.6 Å². The maximum absolute atomic E-state index is 15.7. The zero-order valence-electron chi connectivity index (χ0n) is 32.2. The number of sulfonamides is 1. The molecule has 2 saturated carbocycles. The number of anilines is 1. The van der Waals surface area contributed by atoms with E-state index in [1.807, 2.05) is 32.9 Å². The lowest BCUT2D eigenvalue weighted by Gasteiger charge is -2.30. The summed E-state index contributed by atoms with van der Waals surface area (Å²) in [7, 11) is -4.30. The highest BCUT2D eigenvalue weighted by Crippen LogP contribution is 2.43. The van der Waals surface area contributed by atoms with E-state index in [9.17, 15) is 26.8 Å². The molecule has 0 bridgehead atoms. The Kier molecular flexibility index (Phi) is 12.0. The van der Waals surface area contributed by atoms with Crippen molar-refractivity contribution < 1.29 is 49.4 Å². The molecule has 1 amide bonds. The second-order valence-electron chi connectivity index (χ2n) is 15.3. The standard InChI is InChI=1S/C43H43F5N2O6S/c1-6-9-32-37(45)38(46)39(47)40(48)41(32)57(53,54)49(23-28-10-7-8-11-33(28)44)24-36(51)50(22-25-18-29(26-12-13-26)20-30(19-25)43(2,3)4)34-21-27(42(52)55-5)14-17-35(34)56-31-15-16-31/h6-11,14,17-21,26,31H,12-13,15-16,22-24H2,1-5H3/b9-6+. The van der Waals surface area contributed by atoms with Crippen LogP contribution in [0.1, 0.15) is 97.5 Å². The molecule has 8 nitrogen and oxygen atoms in total. The second-order valence-corrected chi connectivity index (χ2v) is 17.2. The van der Waals surface area contributed by atoms with Crippen LogP contribution in [0.2, 0.25) is 0 Å². The quantitative estimate of drug-likeness (QED) is 0.0546. The molecule has 0 unspecified atom stereocenters. The number of carbonyl (C=O) groups is 2. The van der Waals surface area contributed by atoms with Gasteiger partial charge in [0.05, 0.1) is 37.6 Å². The third-order valence-electron chi connectivity index (χ3n) is 9.87. The molecule has 57 heavy (non-hydrogen) atoms. The van der Waals surface area contributed by atoms with Crippen molar-refractivity contribution in [2.45, 2.75) is 88.8 Å². The van der Waals surface area contributed by atoms with Crippen molar-refractivity contribution >= 4 is 33.7 Å². The van der Waals surface area contributed by atoms with E-state index in [0.29, 0.717) is 15.8 Å². The maximum atomic E-state index is 15.7. The number of halogens is 5. The summed E-state index contributed by atoms with van der Waals surface area (Å²) in [4.78, 5) is 27.4. The number of amides is 1. The summed E-state index contributed by atoms with van der Waals surface area (Å²) >= 11 is 0. The van der Waals surface area contributed by atoms with Gasteiger partial charge in [-0.15, -0.1) is 0 Å². The molecular weight excluding hydrogens is 768 g/mol. The Morgan fingerprint density at radius 3 is 2.16 bits per heavy atom. The smallest absolute Gasteiger partial charge is 0.337 e. The molecule has 0 aromatic heterocycles. The summed E-state index contributed by atoms with van der Waals surface area (Å²) in [5, 5.41) is 0. The minimum absolute atomic E-state index is 0.0433. The van der Waals surface area contributed by atoms with E-state index >= 15 is 13.2 Å². The number of carbonyl (C=O) groups excluding carboxylic acids is 2. The van der Waals surface area contributed by atoms with Gasteiger partial charge in [-0.3, -0.25) is 4.79 Å². The van der Waals surface area contributed by atoms with Crippen LogP contribution in [0.5, 0.6) is 5.75 Å². The number of hydrogen-bond acceptors (Lipinski definition) is 6. The van der Waals surface area contributed by atoms with Gasteiger partial charge in [0.1, 0.15) is 16.5 Å². The fourth-order valence-electron chi connectivity index (χ4n) is 6.43. The highest BCUT2D eigenvalue weighted by Gasteiger charge is 2.39. The molecule has 0 atom stereocenters. The predicted molar refractivity (Wildman–Crippen MR) is 205 cm³/mol. The van der Waals surface area contributed by atoms with Gasteiger partial charge in [0.15, 0.2) is 23.3 Å². The van der Waals surface area contributed by atoms with Crippen molar-refractivity contribution in [3.8, 4) is 5.75 Å². The number of esters is 1. The van der Waals surface area contributed by atoms with Crippen LogP contribution in [0.3, 0.4) is 0 Å². The molecule has 2 fully saturated rings. The van der Waals surface area contributed by atoms with Gasteiger partial charge in [0, 0.05) is 17.7 Å². The number of allylic oxidation sites excluding steroid dienone is 1. The zero-order valence-corrected chi connectivity index (χ0v) is 33.0. The van der Waals surface area contributed by atoms with Crippen LogP contribution in [0.15, 0.2) is 71.6 Å². The average molecular weight is 811 g/mol. The molecule has 2 aliphatic carbocycles. The number of benzene rings is 4. The van der Waals surface area contributed by atoms with E-state index in [0.717, 1.165) is 55.0 Å². The molecule has 4 aromatic carbocycles. The van der Waals surface area contributed by atoms with Crippen molar-refractivity contribution in [1.29, 1.82) is 0 Å². The number of hydrogen-bond donors (Lipinski definition) is 0. The first-order chi connectivity index (χ1) is 26.9. The monoisotopic (exact) mass is 810 g/mol. The van der Waals surface area contributed by atoms with E-state index in [2.05, 4.69) is 6.07 Å². The summed E-state index contributed by atoms with van der Waals surface area (Å²) in [6.45, 7) is 5.23. The van der Waals surface area contributed by atoms with E-state index in [1.165, 1.54) is 55.3 Å². The van der Waals surface area contributed by atoms with Gasteiger partial charge in [-0.1, -0.05) is 69.3 Å². The molecule has 0 heterocycles. The summed E-state index contributed by atoms with van der Waals surface area (Å²) in [6, 6.07) is 15.3. The molecule has 0 radical (unpaired) electrons. The van der Waals surface area contributed by atoms with Gasteiger partial charge in [-0.2, -0.15) is 4.31 Å². The molecule has 6 rings (SSSR count). The normalized spacial score (nSPS) is 14.6. The fourth-order valence-corrected chi connectivity index (χ4v) is 8.03. The van der Waals surface area contributed by atoms with Gasteiger partial charge in [0.25, 0.3) is 0 Å². The largest absolute Gasteiger partial charge is 0.488 e. The van der Waals surface area contributed by atoms with Crippen LogP contribution in [0, 0.1) is 29.1 Å². The Labute approximate surface area is 328 Å². The molecule has 2 aliphatic rings. The van der Waals surface area contributed by atoms with Crippen molar-refractivity contribution in [1.82, 2.24) is 4.31 Å². The maximum Gasteiger partial charge on any atom is 0.337 e. The molecular formula is C43H43F5N2O6S. The third kappa shape index (κ3) is 9.07. The summed E-state index contributed by atoms with van der Waals surface area (Å²) in [5.41, 5.74) is 1.11. The molecule has 14 heteroatoms. The van der Waals surface area contributed by atoms with Crippen LogP contribution in [0.25, 0.3) is 6.08 Å². The highest BCUT2D eigenvalue weighted by molar-refractivity contribution is 7.89. The van der Waals surface area contributed by atoms with Crippen molar-refractivity contribution in [3.05, 3.63) is 129 Å². The average Bonchev–Trinajstić information content (AvgIpc) is 4.11. The molecule has 0 saturated heterocycles. The Morgan fingerprint density at radius 2 is 1.54 bits per heavy atom. The van der Waals surface area contributed by atoms with Gasteiger partial charge < -0.3 is 14.4 Å². The van der Waals surface area contributed by atoms with E-state index in [-0.39, 0.29) is 40.6 Å². The number of methoxy groups -OCH3 is 1. The van der Waals surface area contributed by atoms with Gasteiger partial charge in [-0.05, 0) is 84.9 Å². The first-order valence-electron chi connectivity index (χ1n) is 18.5. The topological polar surface area (TPSA) is 93.2 Å². The molecule has 0 spiro atoms. The lowest BCUT2D eigenvalue weighted by molar-refractivity contribution is -0.119. The van der Waals surface area contributed by atoms with Gasteiger partial charge >= 0.3 is 5.97 Å². The van der Waals surface area contributed by atoms with Crippen LogP contribution in [-0.2, 0) is 38.1 Å². The predicted octanol–water partition coefficient (Wildman–Crippen LogP) is 9.34. The molecule has 4 aromatic rings. The highest BCUT2D eigenvalue weighted by atomic mass is 32.2. The van der Waals surface area contributed by atoms with E-state index in [1.54, 1.807) is 0 Å². The van der Waals surface area contributed by atoms with Gasteiger partial charge in [0.2, 0.25) is 15.9 Å². The minimum Gasteiger partial charge on any atom is -0.488 e. The number of nitrogens with zero attached hydrogens (tertiary/aromatic N) is 2. The Balaban J connectivity index is 1.54. The lowest BCUT2D eigenvalue weighted by Crippen LogP contribution is -2.43. The molecule has 0 aliphatic heterocycles. The summed E-state index contributed by atoms with van der Waals surface area (Å²) < 4.78 is 116. The molecule has 0 N–H and O–H groups in total.